The van der Waals surface area contributed by atoms with Gasteiger partial charge in [0.25, 0.3) is 10.1 Å². The Bertz CT molecular complexity index is 306. The number of hydrogen-bond acceptors (Lipinski definition) is 2. The molecule has 0 aliphatic heterocycles. The van der Waals surface area contributed by atoms with Crippen LogP contribution < -0.4 is 0 Å². The number of hydrogen-bond donors (Lipinski definition) is 1. The first-order valence-electron chi connectivity index (χ1n) is 2.63. The summed E-state index contributed by atoms with van der Waals surface area (Å²) in [6.45, 7) is 0. The molecule has 0 aliphatic carbocycles. The molecule has 0 aliphatic rings. The second-order valence-corrected chi connectivity index (χ2v) is 3.21. The monoisotopic (exact) mass is 298 g/mol. The van der Waals surface area contributed by atoms with Gasteiger partial charge in [0, 0.05) is 41.7 Å². The maximum atomic E-state index is 10.4. The second kappa shape index (κ2) is 4.51. The van der Waals surface area contributed by atoms with Gasteiger partial charge in [-0.15, -0.1) is 0 Å². The first-order valence-corrected chi connectivity index (χ1v) is 4.07. The fourth-order valence-corrected chi connectivity index (χ4v) is 1.09. The standard InChI is InChI=1S/C6H6O3S.Ce/c7-10(8,9)6-4-2-1-3-5-6;/h1-5H,(H,7,8,9);. The molecule has 0 amide bonds. The van der Waals surface area contributed by atoms with E-state index in [1.165, 1.54) is 12.1 Å². The van der Waals surface area contributed by atoms with E-state index in [1.807, 2.05) is 0 Å². The van der Waals surface area contributed by atoms with E-state index in [0.29, 0.717) is 0 Å². The van der Waals surface area contributed by atoms with E-state index < -0.39 is 10.1 Å². The molecule has 0 saturated heterocycles. The van der Waals surface area contributed by atoms with Crippen molar-refractivity contribution in [3.05, 3.63) is 30.3 Å². The van der Waals surface area contributed by atoms with Crippen LogP contribution in [0.25, 0.3) is 0 Å². The van der Waals surface area contributed by atoms with Gasteiger partial charge in [-0.25, -0.2) is 0 Å². The number of benzene rings is 1. The van der Waals surface area contributed by atoms with Gasteiger partial charge in [0.2, 0.25) is 0 Å². The molecular weight excluding hydrogens is 292 g/mol. The summed E-state index contributed by atoms with van der Waals surface area (Å²) >= 11 is 0. The summed E-state index contributed by atoms with van der Waals surface area (Å²) in [6.07, 6.45) is 0. The molecule has 0 heterocycles. The van der Waals surface area contributed by atoms with Crippen LogP contribution in [0.4, 0.5) is 0 Å². The molecule has 5 heteroatoms. The zero-order chi connectivity index (χ0) is 7.61. The van der Waals surface area contributed by atoms with Crippen LogP contribution in [0.2, 0.25) is 0 Å². The third-order valence-corrected chi connectivity index (χ3v) is 1.91. The Morgan fingerprint density at radius 2 is 1.55 bits per heavy atom. The third kappa shape index (κ3) is 3.61. The van der Waals surface area contributed by atoms with Crippen molar-refractivity contribution in [2.45, 2.75) is 4.90 Å². The molecule has 0 saturated carbocycles. The summed E-state index contributed by atoms with van der Waals surface area (Å²) in [4.78, 5) is -0.0741. The molecule has 0 bridgehead atoms. The molecule has 0 unspecified atom stereocenters. The third-order valence-electron chi connectivity index (χ3n) is 1.04. The normalized spacial score (nSPS) is 10.3. The van der Waals surface area contributed by atoms with Crippen LogP contribution in [0.15, 0.2) is 35.2 Å². The second-order valence-electron chi connectivity index (χ2n) is 1.79. The van der Waals surface area contributed by atoms with Crippen LogP contribution in [-0.4, -0.2) is 13.0 Å². The molecule has 0 spiro atoms. The Balaban J connectivity index is 0.000001000. The van der Waals surface area contributed by atoms with Gasteiger partial charge in [-0.05, 0) is 12.1 Å². The molecule has 0 aromatic heterocycles. The molecule has 0 atom stereocenters. The quantitative estimate of drug-likeness (QED) is 0.785. The van der Waals surface area contributed by atoms with Crippen molar-refractivity contribution in [2.24, 2.45) is 0 Å². The Morgan fingerprint density at radius 3 is 1.82 bits per heavy atom. The Kier molecular flexibility index (Phi) is 4.72. The first-order chi connectivity index (χ1) is 4.61. The minimum Gasteiger partial charge on any atom is -0.282 e. The first kappa shape index (κ1) is 11.5. The van der Waals surface area contributed by atoms with Crippen molar-refractivity contribution >= 4 is 10.1 Å². The van der Waals surface area contributed by atoms with Gasteiger partial charge in [0.1, 0.15) is 0 Å². The SMILES string of the molecule is O=S(=O)(O)c1ccccc1.[Ce]. The molecular formula is C6H6CeO3S. The van der Waals surface area contributed by atoms with Gasteiger partial charge in [-0.2, -0.15) is 8.42 Å². The van der Waals surface area contributed by atoms with Crippen LogP contribution in [-0.2, 0) is 10.1 Å². The summed E-state index contributed by atoms with van der Waals surface area (Å²) in [7, 11) is -4.00. The molecule has 1 aromatic rings. The van der Waals surface area contributed by atoms with Crippen molar-refractivity contribution in [3.8, 4) is 0 Å². The van der Waals surface area contributed by atoms with Crippen LogP contribution >= 0.6 is 0 Å². The molecule has 58 valence electrons. The zero-order valence-electron chi connectivity index (χ0n) is 5.56. The fraction of sp³-hybridized carbons (Fsp3) is 0. The van der Waals surface area contributed by atoms with Crippen molar-refractivity contribution in [1.29, 1.82) is 0 Å². The zero-order valence-corrected chi connectivity index (χ0v) is 9.52. The summed E-state index contributed by atoms with van der Waals surface area (Å²) in [5.41, 5.74) is 0. The Morgan fingerprint density at radius 1 is 1.09 bits per heavy atom. The van der Waals surface area contributed by atoms with Gasteiger partial charge >= 0.3 is 0 Å². The van der Waals surface area contributed by atoms with Gasteiger partial charge in [-0.3, -0.25) is 4.55 Å². The van der Waals surface area contributed by atoms with E-state index >= 15 is 0 Å². The van der Waals surface area contributed by atoms with Crippen molar-refractivity contribution < 1.29 is 54.7 Å². The van der Waals surface area contributed by atoms with Crippen molar-refractivity contribution in [2.75, 3.05) is 0 Å². The Labute approximate surface area is 98.9 Å². The van der Waals surface area contributed by atoms with E-state index in [4.69, 9.17) is 4.55 Å². The van der Waals surface area contributed by atoms with E-state index in [1.54, 1.807) is 18.2 Å². The van der Waals surface area contributed by atoms with Crippen molar-refractivity contribution in [1.82, 2.24) is 0 Å². The largest absolute Gasteiger partial charge is 0.294 e. The van der Waals surface area contributed by atoms with Gasteiger partial charge in [0.15, 0.2) is 0 Å². The molecule has 1 rings (SSSR count). The summed E-state index contributed by atoms with van der Waals surface area (Å²) in [5.74, 6) is 0. The van der Waals surface area contributed by atoms with E-state index in [0.717, 1.165) is 0 Å². The van der Waals surface area contributed by atoms with E-state index in [2.05, 4.69) is 0 Å². The number of rotatable bonds is 1. The fourth-order valence-electron chi connectivity index (χ4n) is 0.592. The van der Waals surface area contributed by atoms with E-state index in [-0.39, 0.29) is 46.6 Å². The van der Waals surface area contributed by atoms with Crippen molar-refractivity contribution in [3.63, 3.8) is 0 Å². The predicted molar refractivity (Wildman–Crippen MR) is 36.3 cm³/mol. The minimum atomic E-state index is -4.00. The average Bonchev–Trinajstić information content (AvgIpc) is 1.88. The maximum absolute atomic E-state index is 10.4. The van der Waals surface area contributed by atoms with Crippen LogP contribution in [0.1, 0.15) is 0 Å². The molecule has 1 N–H and O–H groups in total. The van der Waals surface area contributed by atoms with Crippen LogP contribution in [0.3, 0.4) is 0 Å². The summed E-state index contributed by atoms with van der Waals surface area (Å²) in [6, 6.07) is 7.42. The molecule has 3 nitrogen and oxygen atoms in total. The smallest absolute Gasteiger partial charge is 0.282 e. The molecule has 0 fully saturated rings. The van der Waals surface area contributed by atoms with Gasteiger partial charge < -0.3 is 0 Å². The van der Waals surface area contributed by atoms with Gasteiger partial charge in [0.05, 0.1) is 4.90 Å². The molecule has 0 radical (unpaired) electrons. The van der Waals surface area contributed by atoms with Crippen LogP contribution in [0.5, 0.6) is 0 Å². The summed E-state index contributed by atoms with van der Waals surface area (Å²) < 4.78 is 29.2. The van der Waals surface area contributed by atoms with Gasteiger partial charge in [-0.1, -0.05) is 18.2 Å². The molecule has 1 aromatic carbocycles. The minimum absolute atomic E-state index is 0. The molecule has 11 heavy (non-hydrogen) atoms. The summed E-state index contributed by atoms with van der Waals surface area (Å²) in [5, 5.41) is 0. The predicted octanol–water partition coefficient (Wildman–Crippen LogP) is 0.933. The average molecular weight is 298 g/mol. The Hall–Kier alpha value is 0.507. The maximum Gasteiger partial charge on any atom is 0.294 e. The van der Waals surface area contributed by atoms with Crippen LogP contribution in [0, 0.1) is 41.7 Å². The van der Waals surface area contributed by atoms with E-state index in [9.17, 15) is 8.42 Å². The topological polar surface area (TPSA) is 54.4 Å².